The third kappa shape index (κ3) is 4.34. The Morgan fingerprint density at radius 3 is 2.53 bits per heavy atom. The predicted molar refractivity (Wildman–Crippen MR) is 60.4 cm³/mol. The topological polar surface area (TPSA) is 38.9 Å². The summed E-state index contributed by atoms with van der Waals surface area (Å²) in [5.41, 5.74) is 5.17. The molecule has 0 fully saturated rings. The van der Waals surface area contributed by atoms with E-state index in [2.05, 4.69) is 4.98 Å². The molecule has 0 aliphatic rings. The molecule has 2 nitrogen and oxygen atoms in total. The molecule has 0 aliphatic carbocycles. The quantitative estimate of drug-likeness (QED) is 0.886. The molecule has 1 aromatic heterocycles. The van der Waals surface area contributed by atoms with Crippen LogP contribution in [-0.2, 0) is 12.6 Å². The van der Waals surface area contributed by atoms with Crippen molar-refractivity contribution in [3.63, 3.8) is 0 Å². The molecule has 1 heterocycles. The molecule has 0 saturated heterocycles. The maximum Gasteiger partial charge on any atom is 0.418 e. The van der Waals surface area contributed by atoms with E-state index in [1.54, 1.807) is 0 Å². The van der Waals surface area contributed by atoms with Gasteiger partial charge in [0, 0.05) is 18.7 Å². The molecule has 96 valence electrons. The van der Waals surface area contributed by atoms with Gasteiger partial charge in [0.2, 0.25) is 0 Å². The average molecular weight is 246 g/mol. The van der Waals surface area contributed by atoms with Crippen LogP contribution in [0.5, 0.6) is 0 Å². The highest BCUT2D eigenvalue weighted by Gasteiger charge is 2.34. The Hall–Kier alpha value is -1.10. The first-order valence-electron chi connectivity index (χ1n) is 5.57. The molecule has 0 spiro atoms. The van der Waals surface area contributed by atoms with Crippen molar-refractivity contribution in [3.8, 4) is 0 Å². The van der Waals surface area contributed by atoms with Gasteiger partial charge in [0.15, 0.2) is 0 Å². The van der Waals surface area contributed by atoms with E-state index in [4.69, 9.17) is 5.73 Å². The molecule has 0 amide bonds. The third-order valence-corrected chi connectivity index (χ3v) is 2.43. The van der Waals surface area contributed by atoms with E-state index in [0.717, 1.165) is 6.07 Å². The van der Waals surface area contributed by atoms with Crippen molar-refractivity contribution in [2.24, 2.45) is 11.7 Å². The molecule has 0 aliphatic heterocycles. The molecule has 17 heavy (non-hydrogen) atoms. The number of pyridine rings is 1. The summed E-state index contributed by atoms with van der Waals surface area (Å²) in [5.74, 6) is 0.364. The van der Waals surface area contributed by atoms with Gasteiger partial charge in [0.1, 0.15) is 0 Å². The van der Waals surface area contributed by atoms with Crippen LogP contribution in [-0.4, -0.2) is 11.0 Å². The molecule has 5 heteroatoms. The average Bonchev–Trinajstić information content (AvgIpc) is 2.15. The van der Waals surface area contributed by atoms with Crippen molar-refractivity contribution >= 4 is 0 Å². The zero-order chi connectivity index (χ0) is 13.1. The molecule has 0 bridgehead atoms. The first kappa shape index (κ1) is 14.0. The van der Waals surface area contributed by atoms with Crippen molar-refractivity contribution in [3.05, 3.63) is 29.6 Å². The molecule has 1 atom stereocenters. The zero-order valence-electron chi connectivity index (χ0n) is 9.96. The number of alkyl halides is 3. The van der Waals surface area contributed by atoms with Crippen molar-refractivity contribution < 1.29 is 13.2 Å². The minimum absolute atomic E-state index is 0.0353. The van der Waals surface area contributed by atoms with Gasteiger partial charge in [-0.25, -0.2) is 0 Å². The van der Waals surface area contributed by atoms with Crippen LogP contribution >= 0.6 is 0 Å². The molecule has 0 saturated carbocycles. The molecular formula is C12H17F3N2. The molecule has 1 aromatic rings. The maximum atomic E-state index is 12.7. The van der Waals surface area contributed by atoms with Crippen molar-refractivity contribution in [1.29, 1.82) is 0 Å². The fraction of sp³-hybridized carbons (Fsp3) is 0.583. The van der Waals surface area contributed by atoms with Gasteiger partial charge in [-0.3, -0.25) is 4.98 Å². The van der Waals surface area contributed by atoms with E-state index in [-0.39, 0.29) is 18.2 Å². The predicted octanol–water partition coefficient (Wildman–Crippen LogP) is 3.02. The van der Waals surface area contributed by atoms with E-state index < -0.39 is 11.7 Å². The Labute approximate surface area is 99.0 Å². The van der Waals surface area contributed by atoms with E-state index >= 15 is 0 Å². The van der Waals surface area contributed by atoms with E-state index in [1.165, 1.54) is 12.3 Å². The summed E-state index contributed by atoms with van der Waals surface area (Å²) >= 11 is 0. The molecule has 2 N–H and O–H groups in total. The number of hydrogen-bond acceptors (Lipinski definition) is 2. The summed E-state index contributed by atoms with van der Waals surface area (Å²) in [6, 6.07) is 2.05. The highest BCUT2D eigenvalue weighted by Crippen LogP contribution is 2.31. The fourth-order valence-electron chi connectivity index (χ4n) is 1.80. The number of nitrogens with two attached hydrogens (primary N) is 1. The Morgan fingerprint density at radius 1 is 1.35 bits per heavy atom. The Morgan fingerprint density at radius 2 is 2.00 bits per heavy atom. The highest BCUT2D eigenvalue weighted by atomic mass is 19.4. The number of rotatable bonds is 4. The van der Waals surface area contributed by atoms with Crippen LogP contribution in [0.25, 0.3) is 0 Å². The van der Waals surface area contributed by atoms with Crippen LogP contribution in [0, 0.1) is 5.92 Å². The van der Waals surface area contributed by atoms with Gasteiger partial charge in [-0.05, 0) is 24.5 Å². The summed E-state index contributed by atoms with van der Waals surface area (Å²) in [5, 5.41) is 0. The van der Waals surface area contributed by atoms with Crippen LogP contribution < -0.4 is 5.73 Å². The zero-order valence-corrected chi connectivity index (χ0v) is 9.96. The second-order valence-corrected chi connectivity index (χ2v) is 4.59. The Balaban J connectivity index is 2.84. The van der Waals surface area contributed by atoms with Gasteiger partial charge in [0.25, 0.3) is 0 Å². The SMILES string of the molecule is CC(C)CC(N)Cc1ncccc1C(F)(F)F. The molecule has 0 aromatic carbocycles. The lowest BCUT2D eigenvalue weighted by molar-refractivity contribution is -0.138. The molecule has 1 unspecified atom stereocenters. The lowest BCUT2D eigenvalue weighted by Gasteiger charge is -2.16. The van der Waals surface area contributed by atoms with Gasteiger partial charge in [-0.15, -0.1) is 0 Å². The number of hydrogen-bond donors (Lipinski definition) is 1. The second kappa shape index (κ2) is 5.49. The monoisotopic (exact) mass is 246 g/mol. The first-order chi connectivity index (χ1) is 7.80. The van der Waals surface area contributed by atoms with Gasteiger partial charge in [-0.1, -0.05) is 13.8 Å². The van der Waals surface area contributed by atoms with Gasteiger partial charge < -0.3 is 5.73 Å². The van der Waals surface area contributed by atoms with Crippen LogP contribution in [0.1, 0.15) is 31.5 Å². The summed E-state index contributed by atoms with van der Waals surface area (Å²) in [7, 11) is 0. The normalized spacial score (nSPS) is 14.1. The standard InChI is InChI=1S/C12H17F3N2/c1-8(2)6-9(16)7-11-10(12(13,14)15)4-3-5-17-11/h3-5,8-9H,6-7,16H2,1-2H3. The smallest absolute Gasteiger partial charge is 0.327 e. The van der Waals surface area contributed by atoms with Crippen molar-refractivity contribution in [2.45, 2.75) is 38.9 Å². The summed E-state index contributed by atoms with van der Waals surface area (Å²) in [6.07, 6.45) is -2.14. The maximum absolute atomic E-state index is 12.7. The van der Waals surface area contributed by atoms with Crippen LogP contribution in [0.3, 0.4) is 0 Å². The summed E-state index contributed by atoms with van der Waals surface area (Å²) < 4.78 is 38.0. The molecular weight excluding hydrogens is 229 g/mol. The minimum atomic E-state index is -4.36. The number of aromatic nitrogens is 1. The van der Waals surface area contributed by atoms with Crippen LogP contribution in [0.2, 0.25) is 0 Å². The highest BCUT2D eigenvalue weighted by molar-refractivity contribution is 5.23. The van der Waals surface area contributed by atoms with Gasteiger partial charge in [-0.2, -0.15) is 13.2 Å². The van der Waals surface area contributed by atoms with E-state index in [9.17, 15) is 13.2 Å². The lowest BCUT2D eigenvalue weighted by atomic mass is 9.98. The summed E-state index contributed by atoms with van der Waals surface area (Å²) in [4.78, 5) is 3.79. The molecule has 0 radical (unpaired) electrons. The Bertz CT molecular complexity index is 361. The van der Waals surface area contributed by atoms with Gasteiger partial charge >= 0.3 is 6.18 Å². The fourth-order valence-corrected chi connectivity index (χ4v) is 1.80. The van der Waals surface area contributed by atoms with Crippen LogP contribution in [0.15, 0.2) is 18.3 Å². The lowest BCUT2D eigenvalue weighted by Crippen LogP contribution is -2.26. The van der Waals surface area contributed by atoms with Crippen molar-refractivity contribution in [2.75, 3.05) is 0 Å². The number of nitrogens with zero attached hydrogens (tertiary/aromatic N) is 1. The van der Waals surface area contributed by atoms with Gasteiger partial charge in [0.05, 0.1) is 11.3 Å². The largest absolute Gasteiger partial charge is 0.418 e. The Kier molecular flexibility index (Phi) is 4.51. The van der Waals surface area contributed by atoms with E-state index in [1.807, 2.05) is 13.8 Å². The minimum Gasteiger partial charge on any atom is -0.327 e. The third-order valence-electron chi connectivity index (χ3n) is 2.43. The summed E-state index contributed by atoms with van der Waals surface area (Å²) in [6.45, 7) is 3.98. The van der Waals surface area contributed by atoms with E-state index in [0.29, 0.717) is 12.3 Å². The molecule has 1 rings (SSSR count). The van der Waals surface area contributed by atoms with Crippen molar-refractivity contribution in [1.82, 2.24) is 4.98 Å². The van der Waals surface area contributed by atoms with Crippen LogP contribution in [0.4, 0.5) is 13.2 Å². The first-order valence-corrected chi connectivity index (χ1v) is 5.57. The second-order valence-electron chi connectivity index (χ2n) is 4.59. The number of halogens is 3.